The summed E-state index contributed by atoms with van der Waals surface area (Å²) in [6.45, 7) is 0. The lowest BCUT2D eigenvalue weighted by molar-refractivity contribution is -0.150. The number of aliphatic carboxylic acids is 1. The number of alkyl halides is 6. The number of benzene rings is 1. The molecule has 1 unspecified atom stereocenters. The summed E-state index contributed by atoms with van der Waals surface area (Å²) in [4.78, 5) is 10.4. The van der Waals surface area contributed by atoms with E-state index < -0.39 is 46.9 Å². The predicted molar refractivity (Wildman–Crippen MR) is 49.0 cm³/mol. The number of carboxylic acid groups (broad SMARTS) is 1. The number of rotatable bonds is 2. The molecule has 2 N–H and O–H groups in total. The third kappa shape index (κ3) is 3.18. The topological polar surface area (TPSA) is 57.5 Å². The molecule has 0 saturated heterocycles. The summed E-state index contributed by atoms with van der Waals surface area (Å²) in [5, 5.41) is 17.4. The quantitative estimate of drug-likeness (QED) is 0.826. The molecule has 0 spiro atoms. The van der Waals surface area contributed by atoms with Gasteiger partial charge in [0, 0.05) is 0 Å². The van der Waals surface area contributed by atoms with Crippen molar-refractivity contribution in [3.05, 3.63) is 34.6 Å². The van der Waals surface area contributed by atoms with Gasteiger partial charge in [-0.05, 0) is 17.7 Å². The molecular formula is C10H5F7O3. The standard InChI is InChI=1S/C10H5F7O3/c11-6-4(9(12,13)14)1-3(7(18)8(19)20)2-5(6)10(15,16)17/h1-2,7,18H,(H,19,20). The summed E-state index contributed by atoms with van der Waals surface area (Å²) in [5.41, 5.74) is -5.83. The van der Waals surface area contributed by atoms with Crippen LogP contribution in [0.4, 0.5) is 30.7 Å². The van der Waals surface area contributed by atoms with E-state index in [0.717, 1.165) is 0 Å². The van der Waals surface area contributed by atoms with Gasteiger partial charge in [0.15, 0.2) is 6.10 Å². The van der Waals surface area contributed by atoms with E-state index >= 15 is 0 Å². The molecule has 10 heteroatoms. The van der Waals surface area contributed by atoms with Crippen molar-refractivity contribution >= 4 is 5.97 Å². The number of halogens is 7. The van der Waals surface area contributed by atoms with Gasteiger partial charge in [-0.15, -0.1) is 0 Å². The van der Waals surface area contributed by atoms with E-state index in [2.05, 4.69) is 0 Å². The van der Waals surface area contributed by atoms with Crippen molar-refractivity contribution in [2.24, 2.45) is 0 Å². The highest BCUT2D eigenvalue weighted by molar-refractivity contribution is 5.74. The van der Waals surface area contributed by atoms with Crippen LogP contribution in [0.15, 0.2) is 12.1 Å². The number of carbonyl (C=O) groups is 1. The van der Waals surface area contributed by atoms with Crippen LogP contribution >= 0.6 is 0 Å². The second-order valence-electron chi connectivity index (χ2n) is 3.67. The second kappa shape index (κ2) is 4.93. The van der Waals surface area contributed by atoms with Crippen LogP contribution in [-0.2, 0) is 17.1 Å². The average Bonchev–Trinajstić information content (AvgIpc) is 2.24. The number of aliphatic hydroxyl groups excluding tert-OH is 1. The number of aliphatic hydroxyl groups is 1. The largest absolute Gasteiger partial charge is 0.479 e. The lowest BCUT2D eigenvalue weighted by atomic mass is 10.00. The summed E-state index contributed by atoms with van der Waals surface area (Å²) in [6.07, 6.45) is -13.6. The molecule has 0 heterocycles. The smallest absolute Gasteiger partial charge is 0.419 e. The van der Waals surface area contributed by atoms with Crippen molar-refractivity contribution in [2.45, 2.75) is 18.5 Å². The van der Waals surface area contributed by atoms with Crippen LogP contribution < -0.4 is 0 Å². The Morgan fingerprint density at radius 2 is 1.35 bits per heavy atom. The van der Waals surface area contributed by atoms with Gasteiger partial charge in [0.1, 0.15) is 5.82 Å². The Kier molecular flexibility index (Phi) is 3.99. The molecule has 20 heavy (non-hydrogen) atoms. The van der Waals surface area contributed by atoms with Crippen molar-refractivity contribution in [2.75, 3.05) is 0 Å². The zero-order valence-corrected chi connectivity index (χ0v) is 9.18. The highest BCUT2D eigenvalue weighted by atomic mass is 19.4. The fourth-order valence-electron chi connectivity index (χ4n) is 1.36. The Bertz CT molecular complexity index is 498. The first-order chi connectivity index (χ1) is 8.85. The number of hydrogen-bond acceptors (Lipinski definition) is 2. The fraction of sp³-hybridized carbons (Fsp3) is 0.300. The Morgan fingerprint density at radius 1 is 1.00 bits per heavy atom. The molecule has 0 amide bonds. The Labute approximate surface area is 106 Å². The third-order valence-electron chi connectivity index (χ3n) is 2.26. The third-order valence-corrected chi connectivity index (χ3v) is 2.26. The summed E-state index contributed by atoms with van der Waals surface area (Å²) in [6, 6.07) is -0.354. The van der Waals surface area contributed by atoms with Crippen molar-refractivity contribution in [1.29, 1.82) is 0 Å². The van der Waals surface area contributed by atoms with Gasteiger partial charge < -0.3 is 10.2 Å². The van der Waals surface area contributed by atoms with Gasteiger partial charge in [-0.2, -0.15) is 26.3 Å². The van der Waals surface area contributed by atoms with E-state index in [1.807, 2.05) is 0 Å². The second-order valence-corrected chi connectivity index (χ2v) is 3.67. The average molecular weight is 306 g/mol. The molecule has 0 aliphatic heterocycles. The zero-order valence-electron chi connectivity index (χ0n) is 9.18. The maximum atomic E-state index is 13.2. The number of carboxylic acids is 1. The first-order valence-corrected chi connectivity index (χ1v) is 4.74. The molecule has 0 aromatic heterocycles. The molecule has 1 aromatic rings. The van der Waals surface area contributed by atoms with Crippen molar-refractivity contribution in [3.8, 4) is 0 Å². The van der Waals surface area contributed by atoms with Gasteiger partial charge in [-0.3, -0.25) is 0 Å². The molecule has 0 fully saturated rings. The van der Waals surface area contributed by atoms with E-state index in [1.54, 1.807) is 0 Å². The SMILES string of the molecule is O=C(O)C(O)c1cc(C(F)(F)F)c(F)c(C(F)(F)F)c1. The maximum absolute atomic E-state index is 13.2. The van der Waals surface area contributed by atoms with Gasteiger partial charge in [0.05, 0.1) is 11.1 Å². The van der Waals surface area contributed by atoms with Crippen molar-refractivity contribution in [3.63, 3.8) is 0 Å². The monoisotopic (exact) mass is 306 g/mol. The van der Waals surface area contributed by atoms with Crippen LogP contribution in [-0.4, -0.2) is 16.2 Å². The van der Waals surface area contributed by atoms with Crippen molar-refractivity contribution < 1.29 is 45.7 Å². The summed E-state index contributed by atoms with van der Waals surface area (Å²) < 4.78 is 87.8. The summed E-state index contributed by atoms with van der Waals surface area (Å²) >= 11 is 0. The molecule has 0 aliphatic rings. The highest BCUT2D eigenvalue weighted by Gasteiger charge is 2.42. The normalized spacial score (nSPS) is 14.2. The fourth-order valence-corrected chi connectivity index (χ4v) is 1.36. The van der Waals surface area contributed by atoms with Crippen LogP contribution in [0, 0.1) is 5.82 Å². The molecule has 1 atom stereocenters. The molecule has 112 valence electrons. The molecule has 1 aromatic carbocycles. The van der Waals surface area contributed by atoms with Crippen LogP contribution in [0.2, 0.25) is 0 Å². The van der Waals surface area contributed by atoms with Crippen molar-refractivity contribution in [1.82, 2.24) is 0 Å². The van der Waals surface area contributed by atoms with Crippen LogP contribution in [0.25, 0.3) is 0 Å². The minimum Gasteiger partial charge on any atom is -0.479 e. The molecule has 1 rings (SSSR count). The molecule has 0 bridgehead atoms. The lowest BCUT2D eigenvalue weighted by Crippen LogP contribution is -2.19. The van der Waals surface area contributed by atoms with E-state index in [0.29, 0.717) is 0 Å². The van der Waals surface area contributed by atoms with Crippen LogP contribution in [0.3, 0.4) is 0 Å². The van der Waals surface area contributed by atoms with E-state index in [1.165, 1.54) is 0 Å². The predicted octanol–water partition coefficient (Wildman–Crippen LogP) is 2.98. The first-order valence-electron chi connectivity index (χ1n) is 4.74. The van der Waals surface area contributed by atoms with Crippen LogP contribution in [0.5, 0.6) is 0 Å². The van der Waals surface area contributed by atoms with E-state index in [9.17, 15) is 35.5 Å². The Balaban J connectivity index is 3.63. The molecular weight excluding hydrogens is 301 g/mol. The highest BCUT2D eigenvalue weighted by Crippen LogP contribution is 2.40. The number of hydrogen-bond donors (Lipinski definition) is 2. The van der Waals surface area contributed by atoms with Gasteiger partial charge in [-0.1, -0.05) is 0 Å². The summed E-state index contributed by atoms with van der Waals surface area (Å²) in [7, 11) is 0. The minimum atomic E-state index is -5.47. The Hall–Kier alpha value is -1.84. The van der Waals surface area contributed by atoms with Crippen LogP contribution in [0.1, 0.15) is 22.8 Å². The lowest BCUT2D eigenvalue weighted by Gasteiger charge is -2.17. The Morgan fingerprint density at radius 3 is 1.60 bits per heavy atom. The van der Waals surface area contributed by atoms with Gasteiger partial charge in [0.2, 0.25) is 0 Å². The maximum Gasteiger partial charge on any atom is 0.419 e. The van der Waals surface area contributed by atoms with Gasteiger partial charge in [0.25, 0.3) is 0 Å². The molecule has 3 nitrogen and oxygen atoms in total. The zero-order chi connectivity index (χ0) is 15.9. The molecule has 0 radical (unpaired) electrons. The van der Waals surface area contributed by atoms with E-state index in [4.69, 9.17) is 10.2 Å². The van der Waals surface area contributed by atoms with E-state index in [-0.39, 0.29) is 12.1 Å². The molecule has 0 saturated carbocycles. The van der Waals surface area contributed by atoms with Gasteiger partial charge in [-0.25, -0.2) is 9.18 Å². The van der Waals surface area contributed by atoms with Gasteiger partial charge >= 0.3 is 18.3 Å². The first kappa shape index (κ1) is 16.2. The summed E-state index contributed by atoms with van der Waals surface area (Å²) in [5.74, 6) is -4.65. The molecule has 0 aliphatic carbocycles. The minimum absolute atomic E-state index is 0.177.